The summed E-state index contributed by atoms with van der Waals surface area (Å²) in [6, 6.07) is 12.5. The second-order valence-corrected chi connectivity index (χ2v) is 7.56. The number of aromatic nitrogens is 2. The van der Waals surface area contributed by atoms with E-state index in [9.17, 15) is 4.79 Å². The minimum absolute atomic E-state index is 0.519. The Balaban J connectivity index is 1.45. The van der Waals surface area contributed by atoms with Crippen LogP contribution in [0, 0.1) is 6.92 Å². The number of nitrogens with one attached hydrogen (secondary N) is 1. The largest absolute Gasteiger partial charge is 0.299 e. The summed E-state index contributed by atoms with van der Waals surface area (Å²) in [6.45, 7) is 5.11. The maximum Gasteiger partial charge on any atom is 0.267 e. The average molecular weight is 390 g/mol. The predicted octanol–water partition coefficient (Wildman–Crippen LogP) is 3.15. The lowest BCUT2D eigenvalue weighted by Gasteiger charge is -2.20. The lowest BCUT2D eigenvalue weighted by atomic mass is 10.0. The Morgan fingerprint density at radius 1 is 1.28 bits per heavy atom. The van der Waals surface area contributed by atoms with E-state index in [0.717, 1.165) is 50.2 Å². The summed E-state index contributed by atoms with van der Waals surface area (Å²) in [4.78, 5) is 13.7. The molecule has 2 aromatic heterocycles. The standard InChI is InChI=1S/C23H26N4O2/c1-17-21(22-6-2-3-13-27(22)24-17)11-14-26-12-4-5-19-15-18(7-9-20(19)16-26)8-10-23(28)25-29/h2-3,6-10,13,15,29H,4-5,11-12,14,16H2,1H3,(H,25,28). The second-order valence-electron chi connectivity index (χ2n) is 7.56. The number of hydroxylamine groups is 1. The third-order valence-corrected chi connectivity index (χ3v) is 5.60. The van der Waals surface area contributed by atoms with Crippen LogP contribution in [0.4, 0.5) is 0 Å². The minimum Gasteiger partial charge on any atom is -0.299 e. The first-order valence-corrected chi connectivity index (χ1v) is 10.0. The van der Waals surface area contributed by atoms with Crippen LogP contribution in [0.25, 0.3) is 11.6 Å². The number of amides is 1. The molecule has 0 aliphatic carbocycles. The molecule has 6 nitrogen and oxygen atoms in total. The zero-order chi connectivity index (χ0) is 20.2. The van der Waals surface area contributed by atoms with Crippen LogP contribution in [-0.4, -0.2) is 38.7 Å². The number of nitrogens with zero attached hydrogens (tertiary/aromatic N) is 3. The van der Waals surface area contributed by atoms with Crippen molar-refractivity contribution in [3.63, 3.8) is 0 Å². The van der Waals surface area contributed by atoms with Gasteiger partial charge in [0.25, 0.3) is 5.91 Å². The van der Waals surface area contributed by atoms with Crippen LogP contribution in [-0.2, 0) is 24.2 Å². The number of rotatable bonds is 5. The van der Waals surface area contributed by atoms with Gasteiger partial charge in [0.2, 0.25) is 0 Å². The number of hydrogen-bond acceptors (Lipinski definition) is 4. The van der Waals surface area contributed by atoms with Crippen LogP contribution in [0.15, 0.2) is 48.7 Å². The van der Waals surface area contributed by atoms with Crippen molar-refractivity contribution in [2.24, 2.45) is 0 Å². The van der Waals surface area contributed by atoms with Gasteiger partial charge < -0.3 is 0 Å². The molecule has 0 saturated heterocycles. The highest BCUT2D eigenvalue weighted by Crippen LogP contribution is 2.22. The van der Waals surface area contributed by atoms with Crippen molar-refractivity contribution in [3.8, 4) is 0 Å². The number of carbonyl (C=O) groups excluding carboxylic acids is 1. The van der Waals surface area contributed by atoms with Gasteiger partial charge in [-0.25, -0.2) is 10.00 Å². The van der Waals surface area contributed by atoms with Crippen LogP contribution in [0.3, 0.4) is 0 Å². The Morgan fingerprint density at radius 2 is 2.17 bits per heavy atom. The van der Waals surface area contributed by atoms with Crippen LogP contribution in [0.5, 0.6) is 0 Å². The Labute approximate surface area is 170 Å². The van der Waals surface area contributed by atoms with E-state index < -0.39 is 5.91 Å². The molecule has 1 aliphatic rings. The van der Waals surface area contributed by atoms with E-state index in [2.05, 4.69) is 41.2 Å². The molecule has 0 saturated carbocycles. The summed E-state index contributed by atoms with van der Waals surface area (Å²) < 4.78 is 1.97. The Morgan fingerprint density at radius 3 is 3.03 bits per heavy atom. The molecule has 3 aromatic rings. The predicted molar refractivity (Wildman–Crippen MR) is 113 cm³/mol. The molecule has 6 heteroatoms. The van der Waals surface area contributed by atoms with Crippen molar-refractivity contribution in [2.45, 2.75) is 32.7 Å². The number of pyridine rings is 1. The monoisotopic (exact) mass is 390 g/mol. The van der Waals surface area contributed by atoms with Gasteiger partial charge >= 0.3 is 0 Å². The highest BCUT2D eigenvalue weighted by Gasteiger charge is 2.16. The van der Waals surface area contributed by atoms with Gasteiger partial charge in [-0.3, -0.25) is 14.9 Å². The zero-order valence-corrected chi connectivity index (χ0v) is 16.6. The van der Waals surface area contributed by atoms with E-state index in [1.807, 2.05) is 22.8 Å². The molecule has 1 aromatic carbocycles. The molecule has 3 heterocycles. The highest BCUT2D eigenvalue weighted by atomic mass is 16.5. The van der Waals surface area contributed by atoms with E-state index in [1.165, 1.54) is 28.3 Å². The summed E-state index contributed by atoms with van der Waals surface area (Å²) >= 11 is 0. The second kappa shape index (κ2) is 8.59. The van der Waals surface area contributed by atoms with Gasteiger partial charge in [-0.1, -0.05) is 24.3 Å². The van der Waals surface area contributed by atoms with E-state index in [-0.39, 0.29) is 0 Å². The molecule has 0 atom stereocenters. The number of carbonyl (C=O) groups is 1. The molecule has 0 bridgehead atoms. The number of hydrogen-bond donors (Lipinski definition) is 2. The molecular weight excluding hydrogens is 364 g/mol. The molecule has 0 unspecified atom stereocenters. The van der Waals surface area contributed by atoms with E-state index in [1.54, 1.807) is 11.6 Å². The summed E-state index contributed by atoms with van der Waals surface area (Å²) in [7, 11) is 0. The van der Waals surface area contributed by atoms with E-state index in [4.69, 9.17) is 5.21 Å². The van der Waals surface area contributed by atoms with Gasteiger partial charge in [0.05, 0.1) is 11.2 Å². The quantitative estimate of drug-likeness (QED) is 0.399. The molecule has 1 aliphatic heterocycles. The summed E-state index contributed by atoms with van der Waals surface area (Å²) in [6.07, 6.45) is 8.21. The molecule has 29 heavy (non-hydrogen) atoms. The molecule has 0 spiro atoms. The lowest BCUT2D eigenvalue weighted by Crippen LogP contribution is -2.25. The fourth-order valence-corrected chi connectivity index (χ4v) is 4.10. The van der Waals surface area contributed by atoms with Crippen LogP contribution in [0.2, 0.25) is 0 Å². The van der Waals surface area contributed by atoms with Crippen molar-refractivity contribution in [3.05, 3.63) is 76.6 Å². The van der Waals surface area contributed by atoms with Crippen molar-refractivity contribution < 1.29 is 10.0 Å². The molecule has 4 rings (SSSR count). The smallest absolute Gasteiger partial charge is 0.267 e. The fraction of sp³-hybridized carbons (Fsp3) is 0.304. The van der Waals surface area contributed by atoms with Gasteiger partial charge in [0.1, 0.15) is 0 Å². The van der Waals surface area contributed by atoms with Crippen LogP contribution >= 0.6 is 0 Å². The van der Waals surface area contributed by atoms with Crippen LogP contribution < -0.4 is 5.48 Å². The molecule has 0 fully saturated rings. The van der Waals surface area contributed by atoms with Gasteiger partial charge in [-0.2, -0.15) is 5.10 Å². The average Bonchev–Trinajstić information content (AvgIpc) is 2.91. The normalized spacial score (nSPS) is 14.8. The van der Waals surface area contributed by atoms with Crippen molar-refractivity contribution in [2.75, 3.05) is 13.1 Å². The molecule has 0 radical (unpaired) electrons. The van der Waals surface area contributed by atoms with Gasteiger partial charge in [0.15, 0.2) is 0 Å². The van der Waals surface area contributed by atoms with E-state index >= 15 is 0 Å². The van der Waals surface area contributed by atoms with Gasteiger partial charge in [0, 0.05) is 30.9 Å². The van der Waals surface area contributed by atoms with Crippen LogP contribution in [0.1, 0.15) is 34.4 Å². The van der Waals surface area contributed by atoms with E-state index in [0.29, 0.717) is 0 Å². The Hall–Kier alpha value is -2.96. The summed E-state index contributed by atoms with van der Waals surface area (Å²) in [5.41, 5.74) is 8.91. The maximum atomic E-state index is 11.2. The first-order chi connectivity index (χ1) is 14.1. The first-order valence-electron chi connectivity index (χ1n) is 10.0. The SMILES string of the molecule is Cc1nn2ccccc2c1CCN1CCCc2cc(C=CC(=O)NO)ccc2C1. The van der Waals surface area contributed by atoms with Gasteiger partial charge in [-0.05, 0) is 67.6 Å². The molecule has 150 valence electrons. The lowest BCUT2D eigenvalue weighted by molar-refractivity contribution is -0.124. The number of aryl methyl sites for hydroxylation is 2. The number of fused-ring (bicyclic) bond motifs is 2. The zero-order valence-electron chi connectivity index (χ0n) is 16.6. The molecular formula is C23H26N4O2. The van der Waals surface area contributed by atoms with Gasteiger partial charge in [-0.15, -0.1) is 0 Å². The topological polar surface area (TPSA) is 69.9 Å². The summed E-state index contributed by atoms with van der Waals surface area (Å²) in [5, 5.41) is 13.2. The summed E-state index contributed by atoms with van der Waals surface area (Å²) in [5.74, 6) is -0.519. The third kappa shape index (κ3) is 4.39. The third-order valence-electron chi connectivity index (χ3n) is 5.60. The fourth-order valence-electron chi connectivity index (χ4n) is 4.10. The minimum atomic E-state index is -0.519. The Kier molecular flexibility index (Phi) is 5.74. The van der Waals surface area contributed by atoms with Crippen molar-refractivity contribution >= 4 is 17.5 Å². The van der Waals surface area contributed by atoms with Crippen molar-refractivity contribution in [1.82, 2.24) is 20.0 Å². The first kappa shape index (κ1) is 19.4. The maximum absolute atomic E-state index is 11.2. The number of benzene rings is 1. The van der Waals surface area contributed by atoms with Crippen molar-refractivity contribution in [1.29, 1.82) is 0 Å². The Bertz CT molecular complexity index is 1050. The molecule has 2 N–H and O–H groups in total. The highest BCUT2D eigenvalue weighted by molar-refractivity contribution is 5.90. The molecule has 1 amide bonds.